The molecule has 2 atom stereocenters. The van der Waals surface area contributed by atoms with Crippen molar-refractivity contribution in [3.8, 4) is 5.75 Å². The smallest absolute Gasteiger partial charge is 0.261 e. The summed E-state index contributed by atoms with van der Waals surface area (Å²) in [5.74, 6) is -0.153. The first-order chi connectivity index (χ1) is 16.8. The van der Waals surface area contributed by atoms with Crippen LogP contribution < -0.4 is 9.46 Å². The number of ether oxygens (including phenoxy) is 2. The number of carbonyl (C=O) groups excluding carboxylic acids is 1. The zero-order valence-corrected chi connectivity index (χ0v) is 19.7. The van der Waals surface area contributed by atoms with Gasteiger partial charge < -0.3 is 19.5 Å². The molecule has 1 heterocycles. The molecule has 0 spiro atoms. The highest BCUT2D eigenvalue weighted by Crippen LogP contribution is 2.29. The summed E-state index contributed by atoms with van der Waals surface area (Å²) in [6.45, 7) is 0.299. The fourth-order valence-corrected chi connectivity index (χ4v) is 4.97. The number of sulfonamides is 1. The summed E-state index contributed by atoms with van der Waals surface area (Å²) in [5, 5.41) is 11.1. The first kappa shape index (κ1) is 24.6. The fourth-order valence-electron chi connectivity index (χ4n) is 3.91. The Morgan fingerprint density at radius 1 is 1.11 bits per heavy atom. The van der Waals surface area contributed by atoms with Crippen molar-refractivity contribution in [3.63, 3.8) is 0 Å². The minimum atomic E-state index is -3.90. The van der Waals surface area contributed by atoms with E-state index in [0.29, 0.717) is 11.3 Å². The maximum absolute atomic E-state index is 13.1. The highest BCUT2D eigenvalue weighted by Gasteiger charge is 2.35. The summed E-state index contributed by atoms with van der Waals surface area (Å²) >= 11 is 0. The Kier molecular flexibility index (Phi) is 7.34. The number of hydrogen-bond acceptors (Lipinski definition) is 6. The number of para-hydroxylation sites is 1. The van der Waals surface area contributed by atoms with E-state index in [-0.39, 0.29) is 36.2 Å². The lowest BCUT2D eigenvalue weighted by Crippen LogP contribution is -2.51. The second-order valence-electron chi connectivity index (χ2n) is 8.04. The summed E-state index contributed by atoms with van der Waals surface area (Å²) < 4.78 is 51.4. The predicted octanol–water partition coefficient (Wildman–Crippen LogP) is 3.10. The molecular formula is C25H25FN2O6S. The van der Waals surface area contributed by atoms with Gasteiger partial charge in [0, 0.05) is 17.8 Å². The Bertz CT molecular complexity index is 1280. The van der Waals surface area contributed by atoms with E-state index in [2.05, 4.69) is 4.72 Å². The Balaban J connectivity index is 1.51. The molecule has 35 heavy (non-hydrogen) atoms. The SMILES string of the molecule is COc1ccccc1CN1C(=O)COCC1C(O)c1ccc(NS(=O)(=O)c2ccc(F)cc2)cc1. The van der Waals surface area contributed by atoms with Crippen LogP contribution in [0.2, 0.25) is 0 Å². The van der Waals surface area contributed by atoms with Crippen molar-refractivity contribution in [1.29, 1.82) is 0 Å². The molecule has 3 aromatic rings. The molecule has 8 nitrogen and oxygen atoms in total. The van der Waals surface area contributed by atoms with Crippen molar-refractivity contribution < 1.29 is 32.2 Å². The maximum Gasteiger partial charge on any atom is 0.261 e. The summed E-state index contributed by atoms with van der Waals surface area (Å²) in [7, 11) is -2.35. The van der Waals surface area contributed by atoms with Crippen LogP contribution in [0.1, 0.15) is 17.2 Å². The van der Waals surface area contributed by atoms with Crippen molar-refractivity contribution in [2.45, 2.75) is 23.6 Å². The van der Waals surface area contributed by atoms with Gasteiger partial charge in [0.15, 0.2) is 0 Å². The van der Waals surface area contributed by atoms with Crippen molar-refractivity contribution >= 4 is 21.6 Å². The van der Waals surface area contributed by atoms with Crippen molar-refractivity contribution in [3.05, 3.63) is 89.7 Å². The number of amides is 1. The number of halogens is 1. The number of aliphatic hydroxyl groups is 1. The largest absolute Gasteiger partial charge is 0.496 e. The van der Waals surface area contributed by atoms with Crippen LogP contribution in [0.4, 0.5) is 10.1 Å². The molecule has 1 amide bonds. The molecular weight excluding hydrogens is 475 g/mol. The summed E-state index contributed by atoms with van der Waals surface area (Å²) in [5.41, 5.74) is 1.56. The summed E-state index contributed by atoms with van der Waals surface area (Å²) in [4.78, 5) is 14.2. The number of carbonyl (C=O) groups is 1. The summed E-state index contributed by atoms with van der Waals surface area (Å²) in [6, 6.07) is 17.3. The van der Waals surface area contributed by atoms with Gasteiger partial charge in [-0.3, -0.25) is 9.52 Å². The van der Waals surface area contributed by atoms with E-state index in [0.717, 1.165) is 17.7 Å². The van der Waals surface area contributed by atoms with E-state index in [9.17, 15) is 22.7 Å². The fraction of sp³-hybridized carbons (Fsp3) is 0.240. The first-order valence-corrected chi connectivity index (χ1v) is 12.3. The van der Waals surface area contributed by atoms with Gasteiger partial charge in [0.05, 0.1) is 24.7 Å². The van der Waals surface area contributed by atoms with E-state index in [4.69, 9.17) is 9.47 Å². The molecule has 0 aromatic heterocycles. The molecule has 0 saturated carbocycles. The van der Waals surface area contributed by atoms with Gasteiger partial charge in [0.2, 0.25) is 5.91 Å². The number of nitrogens with zero attached hydrogens (tertiary/aromatic N) is 1. The van der Waals surface area contributed by atoms with Crippen LogP contribution in [0.15, 0.2) is 77.7 Å². The number of hydrogen-bond donors (Lipinski definition) is 2. The average molecular weight is 501 g/mol. The Hall–Kier alpha value is -3.47. The van der Waals surface area contributed by atoms with Gasteiger partial charge in [0.1, 0.15) is 24.3 Å². The van der Waals surface area contributed by atoms with E-state index in [1.807, 2.05) is 18.2 Å². The van der Waals surface area contributed by atoms with Crippen LogP contribution in [0.5, 0.6) is 5.75 Å². The Labute approximate surface area is 203 Å². The second kappa shape index (κ2) is 10.4. The van der Waals surface area contributed by atoms with Crippen molar-refractivity contribution in [2.24, 2.45) is 0 Å². The van der Waals surface area contributed by atoms with Crippen LogP contribution >= 0.6 is 0 Å². The van der Waals surface area contributed by atoms with Gasteiger partial charge in [-0.1, -0.05) is 30.3 Å². The lowest BCUT2D eigenvalue weighted by atomic mass is 9.99. The minimum absolute atomic E-state index is 0.0761. The molecule has 2 unspecified atom stereocenters. The normalized spacial score (nSPS) is 17.2. The van der Waals surface area contributed by atoms with Crippen LogP contribution in [-0.2, 0) is 26.1 Å². The quantitative estimate of drug-likeness (QED) is 0.493. The molecule has 10 heteroatoms. The Morgan fingerprint density at radius 2 is 1.80 bits per heavy atom. The molecule has 1 aliphatic rings. The first-order valence-electron chi connectivity index (χ1n) is 10.8. The zero-order valence-electron chi connectivity index (χ0n) is 18.9. The molecule has 0 aliphatic carbocycles. The minimum Gasteiger partial charge on any atom is -0.496 e. The molecule has 4 rings (SSSR count). The number of morpholine rings is 1. The average Bonchev–Trinajstić information content (AvgIpc) is 2.85. The molecule has 1 aliphatic heterocycles. The molecule has 3 aromatic carbocycles. The van der Waals surface area contributed by atoms with E-state index in [1.165, 1.54) is 24.3 Å². The number of anilines is 1. The van der Waals surface area contributed by atoms with Gasteiger partial charge in [-0.2, -0.15) is 0 Å². The highest BCUT2D eigenvalue weighted by molar-refractivity contribution is 7.92. The number of nitrogens with one attached hydrogen (secondary N) is 1. The molecule has 0 bridgehead atoms. The van der Waals surface area contributed by atoms with Crippen molar-refractivity contribution in [1.82, 2.24) is 4.90 Å². The van der Waals surface area contributed by atoms with Gasteiger partial charge in [0.25, 0.3) is 10.0 Å². The van der Waals surface area contributed by atoms with Crippen LogP contribution in [0.25, 0.3) is 0 Å². The lowest BCUT2D eigenvalue weighted by molar-refractivity contribution is -0.155. The third-order valence-corrected chi connectivity index (χ3v) is 7.16. The number of benzene rings is 3. The molecule has 2 N–H and O–H groups in total. The third-order valence-electron chi connectivity index (χ3n) is 5.76. The predicted molar refractivity (Wildman–Crippen MR) is 127 cm³/mol. The zero-order chi connectivity index (χ0) is 25.0. The van der Waals surface area contributed by atoms with Gasteiger partial charge >= 0.3 is 0 Å². The molecule has 0 radical (unpaired) electrons. The van der Waals surface area contributed by atoms with Gasteiger partial charge in [-0.15, -0.1) is 0 Å². The van der Waals surface area contributed by atoms with Crippen LogP contribution in [-0.4, -0.2) is 50.7 Å². The lowest BCUT2D eigenvalue weighted by Gasteiger charge is -2.38. The van der Waals surface area contributed by atoms with Gasteiger partial charge in [-0.25, -0.2) is 12.8 Å². The summed E-state index contributed by atoms with van der Waals surface area (Å²) in [6.07, 6.45) is -1.07. The monoisotopic (exact) mass is 500 g/mol. The van der Waals surface area contributed by atoms with Crippen molar-refractivity contribution in [2.75, 3.05) is 25.0 Å². The second-order valence-corrected chi connectivity index (χ2v) is 9.72. The van der Waals surface area contributed by atoms with E-state index < -0.39 is 28.0 Å². The number of rotatable bonds is 8. The van der Waals surface area contributed by atoms with Gasteiger partial charge in [-0.05, 0) is 48.0 Å². The Morgan fingerprint density at radius 3 is 2.49 bits per heavy atom. The maximum atomic E-state index is 13.1. The molecule has 1 fully saturated rings. The van der Waals surface area contributed by atoms with Crippen LogP contribution in [0.3, 0.4) is 0 Å². The standard InChI is InChI=1S/C25H25FN2O6S/c1-33-23-5-3-2-4-18(23)14-28-22(15-34-16-24(28)29)25(30)17-6-10-20(11-7-17)27-35(31,32)21-12-8-19(26)9-13-21/h2-13,22,25,27,30H,14-16H2,1H3. The number of aliphatic hydroxyl groups excluding tert-OH is 1. The number of methoxy groups -OCH3 is 1. The van der Waals surface area contributed by atoms with Crippen LogP contribution in [0, 0.1) is 5.82 Å². The highest BCUT2D eigenvalue weighted by atomic mass is 32.2. The third kappa shape index (κ3) is 5.61. The topological polar surface area (TPSA) is 105 Å². The van der Waals surface area contributed by atoms with E-state index in [1.54, 1.807) is 30.2 Å². The van der Waals surface area contributed by atoms with E-state index >= 15 is 0 Å². The molecule has 1 saturated heterocycles. The molecule has 184 valence electrons.